The first kappa shape index (κ1) is 18.1. The summed E-state index contributed by atoms with van der Waals surface area (Å²) in [6.07, 6.45) is 1.46. The quantitative estimate of drug-likeness (QED) is 0.524. The molecule has 4 aromatic heterocycles. The largest absolute Gasteiger partial charge is 0.347 e. The number of nitrogens with one attached hydrogen (secondary N) is 1. The van der Waals surface area contributed by atoms with E-state index in [9.17, 15) is 9.59 Å². The van der Waals surface area contributed by atoms with Crippen molar-refractivity contribution in [2.75, 3.05) is 0 Å². The van der Waals surface area contributed by atoms with E-state index in [4.69, 9.17) is 0 Å². The average Bonchev–Trinajstić information content (AvgIpc) is 3.37. The fourth-order valence-electron chi connectivity index (χ4n) is 2.89. The maximum absolute atomic E-state index is 13.0. The third-order valence-electron chi connectivity index (χ3n) is 4.23. The van der Waals surface area contributed by atoms with Crippen molar-refractivity contribution in [3.63, 3.8) is 0 Å². The number of fused-ring (bicyclic) bond motifs is 1. The second kappa shape index (κ2) is 7.38. The van der Waals surface area contributed by atoms with E-state index in [0.717, 1.165) is 15.3 Å². The summed E-state index contributed by atoms with van der Waals surface area (Å²) in [6.45, 7) is 3.93. The van der Waals surface area contributed by atoms with Gasteiger partial charge in [0.25, 0.3) is 5.56 Å². The molecule has 0 fully saturated rings. The minimum atomic E-state index is -0.206. The maximum Gasteiger partial charge on any atom is 0.263 e. The summed E-state index contributed by atoms with van der Waals surface area (Å²) in [5.41, 5.74) is 0.716. The van der Waals surface area contributed by atoms with E-state index in [0.29, 0.717) is 10.2 Å². The Labute approximate surface area is 167 Å². The molecule has 0 aliphatic rings. The molecule has 4 rings (SSSR count). The van der Waals surface area contributed by atoms with Gasteiger partial charge in [0.05, 0.1) is 17.8 Å². The van der Waals surface area contributed by atoms with Crippen molar-refractivity contribution in [2.24, 2.45) is 0 Å². The first-order valence-corrected chi connectivity index (χ1v) is 11.0. The Bertz CT molecular complexity index is 1150. The lowest BCUT2D eigenvalue weighted by atomic mass is 10.2. The van der Waals surface area contributed by atoms with E-state index in [1.165, 1.54) is 27.1 Å². The molecular formula is C19H17N3O2S3. The first-order valence-electron chi connectivity index (χ1n) is 8.39. The highest BCUT2D eigenvalue weighted by atomic mass is 32.1. The molecule has 0 aromatic carbocycles. The topological polar surface area (TPSA) is 64.0 Å². The zero-order valence-electron chi connectivity index (χ0n) is 14.8. The predicted octanol–water partition coefficient (Wildman–Crippen LogP) is 4.43. The molecular weight excluding hydrogens is 398 g/mol. The van der Waals surface area contributed by atoms with Crippen molar-refractivity contribution in [1.29, 1.82) is 0 Å². The molecule has 0 spiro atoms. The average molecular weight is 416 g/mol. The Balaban J connectivity index is 1.62. The first-order chi connectivity index (χ1) is 13.0. The lowest BCUT2D eigenvalue weighted by Gasteiger charge is -2.13. The second-order valence-corrected chi connectivity index (χ2v) is 9.35. The van der Waals surface area contributed by atoms with Gasteiger partial charge in [-0.05, 0) is 37.4 Å². The van der Waals surface area contributed by atoms with Gasteiger partial charge < -0.3 is 5.32 Å². The van der Waals surface area contributed by atoms with Crippen LogP contribution in [0.3, 0.4) is 0 Å². The van der Waals surface area contributed by atoms with E-state index >= 15 is 0 Å². The summed E-state index contributed by atoms with van der Waals surface area (Å²) in [6, 6.07) is 7.91. The molecule has 0 radical (unpaired) electrons. The Morgan fingerprint density at radius 3 is 2.85 bits per heavy atom. The van der Waals surface area contributed by atoms with Gasteiger partial charge >= 0.3 is 0 Å². The maximum atomic E-state index is 13.0. The number of carbonyl (C=O) groups is 1. The van der Waals surface area contributed by atoms with Crippen molar-refractivity contribution in [3.8, 4) is 10.4 Å². The Morgan fingerprint density at radius 1 is 1.30 bits per heavy atom. The number of rotatable bonds is 5. The highest BCUT2D eigenvalue weighted by Gasteiger charge is 2.16. The van der Waals surface area contributed by atoms with Gasteiger partial charge in [-0.15, -0.1) is 34.0 Å². The van der Waals surface area contributed by atoms with Crippen LogP contribution in [0.15, 0.2) is 46.1 Å². The van der Waals surface area contributed by atoms with Crippen LogP contribution in [0.1, 0.15) is 22.7 Å². The highest BCUT2D eigenvalue weighted by Crippen LogP contribution is 2.34. The summed E-state index contributed by atoms with van der Waals surface area (Å²) in [5.74, 6) is -0.206. The molecule has 5 nitrogen and oxygen atoms in total. The summed E-state index contributed by atoms with van der Waals surface area (Å²) < 4.78 is 1.38. The lowest BCUT2D eigenvalue weighted by molar-refractivity contribution is -0.122. The molecule has 0 aliphatic heterocycles. The van der Waals surface area contributed by atoms with Crippen LogP contribution in [-0.2, 0) is 11.3 Å². The van der Waals surface area contributed by atoms with Crippen LogP contribution in [0.2, 0.25) is 0 Å². The molecule has 1 amide bonds. The van der Waals surface area contributed by atoms with Gasteiger partial charge in [0.1, 0.15) is 11.4 Å². The minimum absolute atomic E-state index is 0.0454. The number of aromatic nitrogens is 2. The second-order valence-electron chi connectivity index (χ2n) is 6.22. The zero-order valence-corrected chi connectivity index (χ0v) is 17.2. The molecule has 4 aromatic rings. The molecule has 0 unspecified atom stereocenters. The minimum Gasteiger partial charge on any atom is -0.347 e. The normalized spacial score (nSPS) is 12.4. The van der Waals surface area contributed by atoms with Crippen molar-refractivity contribution in [2.45, 2.75) is 26.4 Å². The molecule has 0 saturated carbocycles. The lowest BCUT2D eigenvalue weighted by Crippen LogP contribution is -2.33. The number of thiophene rings is 3. The predicted molar refractivity (Wildman–Crippen MR) is 113 cm³/mol. The van der Waals surface area contributed by atoms with Crippen molar-refractivity contribution >= 4 is 50.1 Å². The molecule has 8 heteroatoms. The van der Waals surface area contributed by atoms with Crippen molar-refractivity contribution in [3.05, 3.63) is 61.5 Å². The third-order valence-corrected chi connectivity index (χ3v) is 7.20. The monoisotopic (exact) mass is 415 g/mol. The zero-order chi connectivity index (χ0) is 19.0. The smallest absolute Gasteiger partial charge is 0.263 e. The van der Waals surface area contributed by atoms with Gasteiger partial charge in [-0.3, -0.25) is 14.2 Å². The van der Waals surface area contributed by atoms with Crippen LogP contribution in [0.25, 0.3) is 20.7 Å². The van der Waals surface area contributed by atoms with Crippen LogP contribution >= 0.6 is 34.0 Å². The highest BCUT2D eigenvalue weighted by molar-refractivity contribution is 7.19. The van der Waals surface area contributed by atoms with E-state index in [2.05, 4.69) is 10.3 Å². The third kappa shape index (κ3) is 3.60. The number of amides is 1. The molecule has 0 bridgehead atoms. The molecule has 27 heavy (non-hydrogen) atoms. The number of nitrogens with zero attached hydrogens (tertiary/aromatic N) is 2. The van der Waals surface area contributed by atoms with Gasteiger partial charge in [0.2, 0.25) is 5.91 Å². The number of hydrogen-bond acceptors (Lipinski definition) is 6. The Hall–Kier alpha value is -2.29. The van der Waals surface area contributed by atoms with Crippen molar-refractivity contribution < 1.29 is 4.79 Å². The molecule has 0 saturated heterocycles. The van der Waals surface area contributed by atoms with Crippen molar-refractivity contribution in [1.82, 2.24) is 14.9 Å². The van der Waals surface area contributed by atoms with E-state index < -0.39 is 0 Å². The molecule has 138 valence electrons. The van der Waals surface area contributed by atoms with Gasteiger partial charge in [-0.1, -0.05) is 6.07 Å². The van der Waals surface area contributed by atoms with Crippen LogP contribution < -0.4 is 10.9 Å². The van der Waals surface area contributed by atoms with Crippen LogP contribution in [-0.4, -0.2) is 15.5 Å². The summed E-state index contributed by atoms with van der Waals surface area (Å²) in [5, 5.41) is 7.47. The molecule has 0 aliphatic carbocycles. The fraction of sp³-hybridized carbons (Fsp3) is 0.211. The van der Waals surface area contributed by atoms with Gasteiger partial charge in [-0.2, -0.15) is 0 Å². The van der Waals surface area contributed by atoms with Crippen LogP contribution in [0, 0.1) is 6.92 Å². The number of aryl methyl sites for hydroxylation is 1. The number of carbonyl (C=O) groups excluding carboxylic acids is 1. The van der Waals surface area contributed by atoms with Gasteiger partial charge in [-0.25, -0.2) is 4.98 Å². The standard InChI is InChI=1S/C19H17N3O2S3/c1-11-5-6-15(27-11)13-9-26-18-17(13)19(24)22(10-20-18)8-16(23)21-12(2)14-4-3-7-25-14/h3-7,9-10,12H,8H2,1-2H3,(H,21,23)/t12-/m1/s1. The Kier molecular flexibility index (Phi) is 4.94. The molecule has 4 heterocycles. The van der Waals surface area contributed by atoms with Gasteiger partial charge in [0, 0.05) is 25.6 Å². The molecule has 1 N–H and O–H groups in total. The summed E-state index contributed by atoms with van der Waals surface area (Å²) in [4.78, 5) is 33.8. The summed E-state index contributed by atoms with van der Waals surface area (Å²) in [7, 11) is 0. The van der Waals surface area contributed by atoms with Gasteiger partial charge in [0.15, 0.2) is 0 Å². The SMILES string of the molecule is Cc1ccc(-c2csc3ncn(CC(=O)N[C@H](C)c4cccs4)c(=O)c23)s1. The van der Waals surface area contributed by atoms with Crippen LogP contribution in [0.5, 0.6) is 0 Å². The van der Waals surface area contributed by atoms with E-state index in [-0.39, 0.29) is 24.1 Å². The fourth-order valence-corrected chi connectivity index (χ4v) is 5.49. The summed E-state index contributed by atoms with van der Waals surface area (Å²) >= 11 is 4.69. The number of hydrogen-bond donors (Lipinski definition) is 1. The van der Waals surface area contributed by atoms with E-state index in [1.54, 1.807) is 22.7 Å². The molecule has 1 atom stereocenters. The van der Waals surface area contributed by atoms with E-state index in [1.807, 2.05) is 48.9 Å². The Morgan fingerprint density at radius 2 is 2.15 bits per heavy atom. The van der Waals surface area contributed by atoms with Crippen LogP contribution in [0.4, 0.5) is 0 Å².